The van der Waals surface area contributed by atoms with Gasteiger partial charge in [-0.15, -0.1) is 0 Å². The highest BCUT2D eigenvalue weighted by Crippen LogP contribution is 2.29. The maximum Gasteiger partial charge on any atom is 0.142 e. The number of pyridine rings is 2. The first-order valence-electron chi connectivity index (χ1n) is 7.83. The molecule has 0 aliphatic heterocycles. The molecule has 0 aliphatic carbocycles. The van der Waals surface area contributed by atoms with Crippen LogP contribution >= 0.6 is 15.9 Å². The van der Waals surface area contributed by atoms with Gasteiger partial charge in [0.25, 0.3) is 0 Å². The average Bonchev–Trinajstić information content (AvgIpc) is 2.75. The first-order valence-corrected chi connectivity index (χ1v) is 12.3. The van der Waals surface area contributed by atoms with Crippen LogP contribution in [0.5, 0.6) is 0 Å². The fourth-order valence-electron chi connectivity index (χ4n) is 2.61. The monoisotopic (exact) mass is 391 g/mol. The first-order chi connectivity index (χ1) is 10.8. The topological polar surface area (TPSA) is 39.9 Å². The van der Waals surface area contributed by atoms with Gasteiger partial charge in [-0.1, -0.05) is 19.6 Å². The van der Waals surface area contributed by atoms with Crippen LogP contribution in [0.15, 0.2) is 29.1 Å². The van der Waals surface area contributed by atoms with E-state index in [-0.39, 0.29) is 0 Å². The number of rotatable bonds is 5. The van der Waals surface area contributed by atoms with Gasteiger partial charge < -0.3 is 4.74 Å². The van der Waals surface area contributed by atoms with E-state index in [1.54, 1.807) is 0 Å². The summed E-state index contributed by atoms with van der Waals surface area (Å²) < 4.78 is 8.91. The number of nitrogens with zero attached hydrogens (tertiary/aromatic N) is 3. The van der Waals surface area contributed by atoms with Crippen molar-refractivity contribution >= 4 is 45.9 Å². The van der Waals surface area contributed by atoms with E-state index >= 15 is 0 Å². The number of halogens is 1. The van der Waals surface area contributed by atoms with Crippen molar-refractivity contribution in [2.24, 2.45) is 0 Å². The number of aromatic nitrogens is 3. The molecule has 3 aromatic heterocycles. The predicted molar refractivity (Wildman–Crippen MR) is 102 cm³/mol. The van der Waals surface area contributed by atoms with Crippen molar-refractivity contribution in [3.05, 3.63) is 34.7 Å². The molecule has 0 spiro atoms. The molecule has 0 amide bonds. The molecular formula is C17H22BrN3OSi. The zero-order valence-corrected chi connectivity index (χ0v) is 16.6. The molecular weight excluding hydrogens is 370 g/mol. The fourth-order valence-corrected chi connectivity index (χ4v) is 3.70. The molecule has 0 bridgehead atoms. The summed E-state index contributed by atoms with van der Waals surface area (Å²) >= 11 is 3.46. The fraction of sp³-hybridized carbons (Fsp3) is 0.412. The highest BCUT2D eigenvalue weighted by Gasteiger charge is 2.15. The maximum atomic E-state index is 5.95. The molecule has 23 heavy (non-hydrogen) atoms. The van der Waals surface area contributed by atoms with Gasteiger partial charge in [-0.3, -0.25) is 4.57 Å². The minimum absolute atomic E-state index is 0.518. The van der Waals surface area contributed by atoms with E-state index in [2.05, 4.69) is 69.2 Å². The molecule has 0 atom stereocenters. The van der Waals surface area contributed by atoms with Crippen LogP contribution in [0.25, 0.3) is 21.9 Å². The summed E-state index contributed by atoms with van der Waals surface area (Å²) in [5.41, 5.74) is 3.18. The van der Waals surface area contributed by atoms with Crippen LogP contribution in [0.1, 0.15) is 5.56 Å². The summed E-state index contributed by atoms with van der Waals surface area (Å²) in [4.78, 5) is 9.00. The zero-order valence-electron chi connectivity index (χ0n) is 14.1. The number of fused-ring (bicyclic) bond motifs is 3. The third kappa shape index (κ3) is 3.65. The van der Waals surface area contributed by atoms with Gasteiger partial charge in [-0.05, 0) is 46.6 Å². The Labute approximate surface area is 146 Å². The van der Waals surface area contributed by atoms with Gasteiger partial charge in [0.05, 0.1) is 11.7 Å². The quantitative estimate of drug-likeness (QED) is 0.350. The third-order valence-electron chi connectivity index (χ3n) is 3.91. The van der Waals surface area contributed by atoms with Gasteiger partial charge in [-0.25, -0.2) is 9.97 Å². The van der Waals surface area contributed by atoms with E-state index in [9.17, 15) is 0 Å². The van der Waals surface area contributed by atoms with Crippen molar-refractivity contribution in [1.82, 2.24) is 14.5 Å². The predicted octanol–water partition coefficient (Wildman–Crippen LogP) is 4.97. The van der Waals surface area contributed by atoms with E-state index in [0.29, 0.717) is 6.73 Å². The van der Waals surface area contributed by atoms with Crippen molar-refractivity contribution in [1.29, 1.82) is 0 Å². The second kappa shape index (κ2) is 6.34. The van der Waals surface area contributed by atoms with Crippen LogP contribution in [-0.4, -0.2) is 29.2 Å². The Morgan fingerprint density at radius 3 is 2.65 bits per heavy atom. The minimum atomic E-state index is -1.07. The average molecular weight is 392 g/mol. The molecule has 0 aromatic carbocycles. The van der Waals surface area contributed by atoms with Gasteiger partial charge in [-0.2, -0.15) is 0 Å². The molecule has 0 saturated heterocycles. The lowest BCUT2D eigenvalue weighted by atomic mass is 10.2. The molecule has 0 fully saturated rings. The summed E-state index contributed by atoms with van der Waals surface area (Å²) in [6, 6.07) is 5.40. The second-order valence-corrected chi connectivity index (χ2v) is 13.6. The molecule has 0 unspecified atom stereocenters. The van der Waals surface area contributed by atoms with Gasteiger partial charge in [0.2, 0.25) is 0 Å². The minimum Gasteiger partial charge on any atom is -0.361 e. The Bertz CT molecular complexity index is 795. The van der Waals surface area contributed by atoms with Crippen LogP contribution in [-0.2, 0) is 11.5 Å². The van der Waals surface area contributed by atoms with E-state index in [1.165, 1.54) is 6.04 Å². The lowest BCUT2D eigenvalue weighted by molar-refractivity contribution is 0.0925. The Kier molecular flexibility index (Phi) is 4.58. The molecule has 6 heteroatoms. The lowest BCUT2D eigenvalue weighted by Crippen LogP contribution is -2.22. The van der Waals surface area contributed by atoms with Crippen LogP contribution < -0.4 is 0 Å². The summed E-state index contributed by atoms with van der Waals surface area (Å²) in [7, 11) is -1.07. The molecule has 3 aromatic rings. The molecule has 4 nitrogen and oxygen atoms in total. The molecule has 3 heterocycles. The van der Waals surface area contributed by atoms with Crippen molar-refractivity contribution in [3.8, 4) is 0 Å². The van der Waals surface area contributed by atoms with E-state index < -0.39 is 8.07 Å². The normalized spacial score (nSPS) is 12.4. The molecule has 0 aliphatic rings. The second-order valence-electron chi connectivity index (χ2n) is 7.18. The van der Waals surface area contributed by atoms with Crippen LogP contribution in [0.4, 0.5) is 0 Å². The van der Waals surface area contributed by atoms with Crippen molar-refractivity contribution in [2.45, 2.75) is 39.3 Å². The van der Waals surface area contributed by atoms with E-state index in [1.807, 2.05) is 12.4 Å². The van der Waals surface area contributed by atoms with Gasteiger partial charge >= 0.3 is 0 Å². The summed E-state index contributed by atoms with van der Waals surface area (Å²) in [5.74, 6) is 0. The number of hydrogen-bond acceptors (Lipinski definition) is 3. The third-order valence-corrected chi connectivity index (χ3v) is 6.04. The van der Waals surface area contributed by atoms with E-state index in [4.69, 9.17) is 4.74 Å². The van der Waals surface area contributed by atoms with E-state index in [0.717, 1.165) is 38.7 Å². The Hall–Kier alpha value is -1.24. The van der Waals surface area contributed by atoms with Gasteiger partial charge in [0, 0.05) is 31.7 Å². The maximum absolute atomic E-state index is 5.95. The number of hydrogen-bond donors (Lipinski definition) is 0. The SMILES string of the molecule is Cc1cnc2c(c1)c1cc(Br)ncc1n2COCC[Si](C)(C)C. The standard InChI is InChI=1S/C17H22BrN3OSi/c1-12-7-14-13-8-16(18)19-10-15(13)21(17(14)20-9-12)11-22-5-6-23(2,3)4/h7-10H,5-6,11H2,1-4H3. The molecule has 0 N–H and O–H groups in total. The first kappa shape index (κ1) is 16.6. The highest BCUT2D eigenvalue weighted by molar-refractivity contribution is 9.10. The largest absolute Gasteiger partial charge is 0.361 e. The Morgan fingerprint density at radius 1 is 1.13 bits per heavy atom. The van der Waals surface area contributed by atoms with Crippen LogP contribution in [0.3, 0.4) is 0 Å². The summed E-state index contributed by atoms with van der Waals surface area (Å²) in [5, 5.41) is 2.31. The van der Waals surface area contributed by atoms with Crippen molar-refractivity contribution in [3.63, 3.8) is 0 Å². The molecule has 0 radical (unpaired) electrons. The molecule has 3 rings (SSSR count). The summed E-state index contributed by atoms with van der Waals surface area (Å²) in [6.07, 6.45) is 3.79. The van der Waals surface area contributed by atoms with Crippen LogP contribution in [0, 0.1) is 6.92 Å². The molecule has 0 saturated carbocycles. The van der Waals surface area contributed by atoms with Crippen molar-refractivity contribution in [2.75, 3.05) is 6.61 Å². The van der Waals surface area contributed by atoms with Crippen LogP contribution in [0.2, 0.25) is 25.7 Å². The van der Waals surface area contributed by atoms with Gasteiger partial charge in [0.15, 0.2) is 0 Å². The van der Waals surface area contributed by atoms with Gasteiger partial charge in [0.1, 0.15) is 17.0 Å². The number of aryl methyl sites for hydroxylation is 1. The molecule has 122 valence electrons. The Morgan fingerprint density at radius 2 is 1.91 bits per heavy atom. The van der Waals surface area contributed by atoms with Crippen molar-refractivity contribution < 1.29 is 4.74 Å². The highest BCUT2D eigenvalue weighted by atomic mass is 79.9. The number of ether oxygens (including phenoxy) is 1. The smallest absolute Gasteiger partial charge is 0.142 e. The lowest BCUT2D eigenvalue weighted by Gasteiger charge is -2.16. The summed E-state index contributed by atoms with van der Waals surface area (Å²) in [6.45, 7) is 10.5. The zero-order chi connectivity index (χ0) is 16.6. The Balaban J connectivity index is 1.97.